The number of phosphoric acid groups is 1. The largest absolute Gasteiger partial charge is 0.474 e. The van der Waals surface area contributed by atoms with E-state index in [9.17, 15) is 4.57 Å². The van der Waals surface area contributed by atoms with E-state index >= 15 is 0 Å². The van der Waals surface area contributed by atoms with Crippen LogP contribution in [0.3, 0.4) is 0 Å². The van der Waals surface area contributed by atoms with Gasteiger partial charge in [0.15, 0.2) is 0 Å². The van der Waals surface area contributed by atoms with E-state index in [1.807, 2.05) is 0 Å². The predicted molar refractivity (Wildman–Crippen MR) is 76.9 cm³/mol. The lowest BCUT2D eigenvalue weighted by Gasteiger charge is -2.17. The summed E-state index contributed by atoms with van der Waals surface area (Å²) in [4.78, 5) is 0. The van der Waals surface area contributed by atoms with E-state index in [-0.39, 0.29) is 7.43 Å². The standard InChI is InChI=1S/C12H27O4P.CH4/c1-4-7-10-14-17(13,15-11-8-5-2)16-12-9-6-3;/h4-12H2,1-3H3;1H4. The summed E-state index contributed by atoms with van der Waals surface area (Å²) in [7, 11) is -3.31. The molecule has 0 fully saturated rings. The van der Waals surface area contributed by atoms with Crippen LogP contribution in [-0.2, 0) is 18.1 Å². The van der Waals surface area contributed by atoms with E-state index in [0.29, 0.717) is 19.8 Å². The molecule has 0 aliphatic rings. The van der Waals surface area contributed by atoms with E-state index in [1.165, 1.54) is 0 Å². The highest BCUT2D eigenvalue weighted by Crippen LogP contribution is 2.49. The zero-order valence-electron chi connectivity index (χ0n) is 11.4. The molecular weight excluding hydrogens is 251 g/mol. The zero-order valence-corrected chi connectivity index (χ0v) is 12.3. The van der Waals surface area contributed by atoms with Gasteiger partial charge in [-0.2, -0.15) is 0 Å². The normalized spacial score (nSPS) is 11.3. The lowest BCUT2D eigenvalue weighted by atomic mass is 10.4. The number of phosphoric ester groups is 1. The highest BCUT2D eigenvalue weighted by atomic mass is 31.2. The molecule has 18 heavy (non-hydrogen) atoms. The fraction of sp³-hybridized carbons (Fsp3) is 1.00. The third-order valence-electron chi connectivity index (χ3n) is 2.24. The molecule has 0 saturated heterocycles. The van der Waals surface area contributed by atoms with Gasteiger partial charge in [0, 0.05) is 0 Å². The lowest BCUT2D eigenvalue weighted by Crippen LogP contribution is -2.03. The van der Waals surface area contributed by atoms with Crippen LogP contribution in [0, 0.1) is 0 Å². The third-order valence-corrected chi connectivity index (χ3v) is 3.74. The number of hydrogen-bond acceptors (Lipinski definition) is 4. The van der Waals surface area contributed by atoms with Gasteiger partial charge in [0.1, 0.15) is 0 Å². The molecule has 0 aliphatic heterocycles. The molecule has 0 amide bonds. The molecule has 0 aliphatic carbocycles. The number of hydrogen-bond donors (Lipinski definition) is 0. The molecular formula is C13H31O4P. The maximum absolute atomic E-state index is 12.2. The van der Waals surface area contributed by atoms with Gasteiger partial charge in [-0.25, -0.2) is 4.57 Å². The molecule has 5 heteroatoms. The molecule has 0 radical (unpaired) electrons. The van der Waals surface area contributed by atoms with Gasteiger partial charge in [-0.05, 0) is 19.3 Å². The van der Waals surface area contributed by atoms with Gasteiger partial charge in [-0.15, -0.1) is 0 Å². The smallest absolute Gasteiger partial charge is 0.287 e. The minimum absolute atomic E-state index is 0. The first kappa shape index (κ1) is 20.4. The minimum atomic E-state index is -3.31. The summed E-state index contributed by atoms with van der Waals surface area (Å²) in [5, 5.41) is 0. The average Bonchev–Trinajstić information content (AvgIpc) is 2.30. The summed E-state index contributed by atoms with van der Waals surface area (Å²) in [5.41, 5.74) is 0. The molecule has 0 heterocycles. The number of unbranched alkanes of at least 4 members (excludes halogenated alkanes) is 3. The summed E-state index contributed by atoms with van der Waals surface area (Å²) >= 11 is 0. The Balaban J connectivity index is 0. The van der Waals surface area contributed by atoms with Gasteiger partial charge in [-0.3, -0.25) is 13.6 Å². The van der Waals surface area contributed by atoms with Crippen LogP contribution in [0.2, 0.25) is 0 Å². The van der Waals surface area contributed by atoms with Crippen LogP contribution in [0.1, 0.15) is 66.7 Å². The Morgan fingerprint density at radius 3 is 1.22 bits per heavy atom. The van der Waals surface area contributed by atoms with Crippen LogP contribution >= 0.6 is 7.82 Å². The SMILES string of the molecule is C.CCCCOP(=O)(OCCCC)OCCCC. The van der Waals surface area contributed by atoms with Crippen molar-refractivity contribution in [2.45, 2.75) is 66.7 Å². The maximum Gasteiger partial charge on any atom is 0.474 e. The van der Waals surface area contributed by atoms with Gasteiger partial charge in [-0.1, -0.05) is 47.5 Å². The van der Waals surface area contributed by atoms with Crippen LogP contribution in [-0.4, -0.2) is 19.8 Å². The van der Waals surface area contributed by atoms with E-state index in [4.69, 9.17) is 13.6 Å². The fourth-order valence-electron chi connectivity index (χ4n) is 1.07. The number of rotatable bonds is 12. The van der Waals surface area contributed by atoms with Crippen molar-refractivity contribution in [2.24, 2.45) is 0 Å². The van der Waals surface area contributed by atoms with Crippen molar-refractivity contribution in [3.8, 4) is 0 Å². The molecule has 0 saturated carbocycles. The van der Waals surface area contributed by atoms with Gasteiger partial charge in [0.2, 0.25) is 0 Å². The molecule has 4 nitrogen and oxygen atoms in total. The van der Waals surface area contributed by atoms with Crippen LogP contribution in [0.5, 0.6) is 0 Å². The Labute approximate surface area is 113 Å². The first-order valence-corrected chi connectivity index (χ1v) is 8.18. The van der Waals surface area contributed by atoms with Crippen molar-refractivity contribution >= 4 is 7.82 Å². The van der Waals surface area contributed by atoms with Crippen molar-refractivity contribution in [1.82, 2.24) is 0 Å². The Hall–Kier alpha value is 0.110. The summed E-state index contributed by atoms with van der Waals surface area (Å²) in [5.74, 6) is 0. The Morgan fingerprint density at radius 1 is 0.722 bits per heavy atom. The molecule has 112 valence electrons. The molecule has 0 bridgehead atoms. The molecule has 0 atom stereocenters. The molecule has 0 aromatic carbocycles. The van der Waals surface area contributed by atoms with E-state index in [1.54, 1.807) is 0 Å². The van der Waals surface area contributed by atoms with E-state index in [2.05, 4.69) is 20.8 Å². The second-order valence-corrected chi connectivity index (χ2v) is 5.68. The Kier molecular flexibility index (Phi) is 15.4. The quantitative estimate of drug-likeness (QED) is 0.365. The minimum Gasteiger partial charge on any atom is -0.287 e. The Bertz CT molecular complexity index is 176. The van der Waals surface area contributed by atoms with E-state index < -0.39 is 7.82 Å². The lowest BCUT2D eigenvalue weighted by molar-refractivity contribution is 0.110. The first-order chi connectivity index (χ1) is 8.18. The molecule has 0 aromatic heterocycles. The van der Waals surface area contributed by atoms with Gasteiger partial charge >= 0.3 is 7.82 Å². The van der Waals surface area contributed by atoms with Crippen molar-refractivity contribution in [3.05, 3.63) is 0 Å². The van der Waals surface area contributed by atoms with E-state index in [0.717, 1.165) is 38.5 Å². The van der Waals surface area contributed by atoms with Gasteiger partial charge < -0.3 is 0 Å². The van der Waals surface area contributed by atoms with Crippen molar-refractivity contribution in [1.29, 1.82) is 0 Å². The van der Waals surface area contributed by atoms with Crippen LogP contribution in [0.15, 0.2) is 0 Å². The summed E-state index contributed by atoms with van der Waals surface area (Å²) in [6.45, 7) is 7.49. The monoisotopic (exact) mass is 282 g/mol. The Morgan fingerprint density at radius 2 is 1.00 bits per heavy atom. The van der Waals surface area contributed by atoms with Crippen molar-refractivity contribution in [2.75, 3.05) is 19.8 Å². The molecule has 0 spiro atoms. The molecule has 0 unspecified atom stereocenters. The van der Waals surface area contributed by atoms with Crippen molar-refractivity contribution in [3.63, 3.8) is 0 Å². The van der Waals surface area contributed by atoms with Gasteiger partial charge in [0.25, 0.3) is 0 Å². The second kappa shape index (κ2) is 13.5. The third kappa shape index (κ3) is 11.2. The summed E-state index contributed by atoms with van der Waals surface area (Å²) in [6, 6.07) is 0. The fourth-order valence-corrected chi connectivity index (χ4v) is 2.36. The van der Waals surface area contributed by atoms with Crippen LogP contribution in [0.4, 0.5) is 0 Å². The first-order valence-electron chi connectivity index (χ1n) is 6.72. The molecule has 0 aromatic rings. The van der Waals surface area contributed by atoms with Crippen LogP contribution in [0.25, 0.3) is 0 Å². The zero-order chi connectivity index (χ0) is 13.0. The predicted octanol–water partition coefficient (Wildman–Crippen LogP) is 5.18. The summed E-state index contributed by atoms with van der Waals surface area (Å²) in [6.07, 6.45) is 5.63. The van der Waals surface area contributed by atoms with Gasteiger partial charge in [0.05, 0.1) is 19.8 Å². The topological polar surface area (TPSA) is 44.8 Å². The molecule has 0 rings (SSSR count). The highest BCUT2D eigenvalue weighted by molar-refractivity contribution is 7.48. The second-order valence-electron chi connectivity index (χ2n) is 4.01. The maximum atomic E-state index is 12.2. The molecule has 0 N–H and O–H groups in total. The van der Waals surface area contributed by atoms with Crippen LogP contribution < -0.4 is 0 Å². The van der Waals surface area contributed by atoms with Crippen molar-refractivity contribution < 1.29 is 18.1 Å². The summed E-state index contributed by atoms with van der Waals surface area (Å²) < 4.78 is 28.0. The highest BCUT2D eigenvalue weighted by Gasteiger charge is 2.25. The average molecular weight is 282 g/mol.